The summed E-state index contributed by atoms with van der Waals surface area (Å²) in [5.41, 5.74) is 4.45. The summed E-state index contributed by atoms with van der Waals surface area (Å²) in [6.07, 6.45) is 3.86. The van der Waals surface area contributed by atoms with Crippen LogP contribution in [-0.2, 0) is 73.7 Å². The van der Waals surface area contributed by atoms with Gasteiger partial charge in [0.15, 0.2) is 10.1 Å². The highest BCUT2D eigenvalue weighted by atomic mass is 32.2. The largest absolute Gasteiger partial charge is 0.497 e. The average Bonchev–Trinajstić information content (AvgIpc) is 4.33. The molecule has 20 heteroatoms. The van der Waals surface area contributed by atoms with Crippen molar-refractivity contribution in [2.24, 2.45) is 0 Å². The molecule has 18 nitrogen and oxygen atoms in total. The van der Waals surface area contributed by atoms with Gasteiger partial charge < -0.3 is 33.5 Å². The monoisotopic (exact) mass is 1000 g/mol. The Labute approximate surface area is 409 Å². The maximum atomic E-state index is 14.0. The van der Waals surface area contributed by atoms with Gasteiger partial charge in [-0.25, -0.2) is 16.8 Å². The maximum Gasteiger partial charge on any atom is 0.307 e. The molecule has 0 bridgehead atoms. The number of methoxy groups -OCH3 is 5. The number of aliphatic hydroxyl groups is 1. The molecule has 70 heavy (non-hydrogen) atoms. The van der Waals surface area contributed by atoms with E-state index in [9.17, 15) is 26.7 Å². The van der Waals surface area contributed by atoms with Crippen molar-refractivity contribution in [1.82, 2.24) is 28.2 Å². The Morgan fingerprint density at radius 1 is 0.557 bits per heavy atom. The van der Waals surface area contributed by atoms with Crippen molar-refractivity contribution in [3.63, 3.8) is 0 Å². The van der Waals surface area contributed by atoms with Gasteiger partial charge in [0.1, 0.15) is 23.0 Å². The third-order valence-corrected chi connectivity index (χ3v) is 15.1. The number of sulfonamides is 2. The number of carbonyl (C=O) groups is 1. The topological polar surface area (TPSA) is 203 Å². The van der Waals surface area contributed by atoms with Crippen LogP contribution in [0.1, 0.15) is 77.8 Å². The fraction of sp³-hybridized carbons (Fsp3) is 0.380. The normalized spacial score (nSPS) is 13.7. The van der Waals surface area contributed by atoms with Crippen LogP contribution in [-0.4, -0.2) is 98.2 Å². The fourth-order valence-electron chi connectivity index (χ4n) is 7.45. The zero-order valence-electron chi connectivity index (χ0n) is 40.0. The van der Waals surface area contributed by atoms with E-state index in [1.807, 2.05) is 48.5 Å². The quantitative estimate of drug-likeness (QED) is 0.0489. The van der Waals surface area contributed by atoms with Gasteiger partial charge in [-0.3, -0.25) is 14.2 Å². The van der Waals surface area contributed by atoms with E-state index >= 15 is 0 Å². The number of aromatic nitrogens is 4. The molecular formula is C50H60N6O12S2. The lowest BCUT2D eigenvalue weighted by atomic mass is 10.2. The molecule has 8 rings (SSSR count). The molecule has 2 fully saturated rings. The Morgan fingerprint density at radius 2 is 0.886 bits per heavy atom. The van der Waals surface area contributed by atoms with Crippen LogP contribution in [0, 0.1) is 0 Å². The first-order valence-corrected chi connectivity index (χ1v) is 25.6. The molecule has 2 heterocycles. The fourth-order valence-corrected chi connectivity index (χ4v) is 10.2. The predicted octanol–water partition coefficient (Wildman–Crippen LogP) is 6.82. The van der Waals surface area contributed by atoms with Crippen LogP contribution in [0.5, 0.6) is 23.0 Å². The first-order valence-electron chi connectivity index (χ1n) is 22.7. The van der Waals surface area contributed by atoms with Gasteiger partial charge in [0, 0.05) is 38.3 Å². The van der Waals surface area contributed by atoms with Gasteiger partial charge >= 0.3 is 5.97 Å². The number of aliphatic hydroxyl groups excluding tert-OH is 1. The summed E-state index contributed by atoms with van der Waals surface area (Å²) in [6.45, 7) is 0.708. The van der Waals surface area contributed by atoms with Crippen molar-refractivity contribution >= 4 is 26.0 Å². The molecule has 0 unspecified atom stereocenters. The first kappa shape index (κ1) is 51.6. The van der Waals surface area contributed by atoms with Crippen molar-refractivity contribution in [3.8, 4) is 23.0 Å². The molecule has 2 aromatic heterocycles. The van der Waals surface area contributed by atoms with E-state index in [4.69, 9.17) is 23.7 Å². The van der Waals surface area contributed by atoms with Gasteiger partial charge in [0.2, 0.25) is 0 Å². The van der Waals surface area contributed by atoms with Crippen LogP contribution >= 0.6 is 0 Å². The average molecular weight is 1000 g/mol. The van der Waals surface area contributed by atoms with Gasteiger partial charge in [-0.2, -0.15) is 18.8 Å². The number of nitrogens with zero attached hydrogens (tertiary/aromatic N) is 6. The van der Waals surface area contributed by atoms with Crippen LogP contribution in [0.3, 0.4) is 0 Å². The van der Waals surface area contributed by atoms with Gasteiger partial charge in [-0.05, 0) is 96.5 Å². The molecular weight excluding hydrogens is 941 g/mol. The van der Waals surface area contributed by atoms with E-state index in [1.54, 1.807) is 92.4 Å². The van der Waals surface area contributed by atoms with Crippen molar-refractivity contribution in [2.45, 2.75) is 93.6 Å². The zero-order chi connectivity index (χ0) is 49.8. The molecule has 2 aliphatic rings. The number of hydrogen-bond acceptors (Lipinski definition) is 14. The molecule has 0 amide bonds. The summed E-state index contributed by atoms with van der Waals surface area (Å²) in [5, 5.41) is 18.5. The Balaban J connectivity index is 0.000000209. The van der Waals surface area contributed by atoms with Gasteiger partial charge in [-0.15, -0.1) is 0 Å². The molecule has 0 saturated heterocycles. The summed E-state index contributed by atoms with van der Waals surface area (Å²) < 4.78 is 92.5. The molecule has 2 aliphatic carbocycles. The van der Waals surface area contributed by atoms with Crippen LogP contribution in [0.4, 0.5) is 0 Å². The second-order valence-electron chi connectivity index (χ2n) is 16.8. The van der Waals surface area contributed by atoms with Gasteiger partial charge in [0.25, 0.3) is 20.0 Å². The van der Waals surface area contributed by atoms with Gasteiger partial charge in [-0.1, -0.05) is 48.5 Å². The molecule has 0 spiro atoms. The SMILES string of the molecule is COC(=O)CCOCc1cc(S(=O)(=O)N(Cc2ccc(OC)cc2)Cc2ccc(OC)cc2)nn1C1CC1.COc1ccc(CN(Cc2ccc(OC)cc2)S(=O)(=O)c2cc(CO)n(C3CC3)n2)cc1. The lowest BCUT2D eigenvalue weighted by Gasteiger charge is -2.21. The molecule has 0 atom stereocenters. The Hall–Kier alpha value is -6.29. The maximum absolute atomic E-state index is 14.0. The highest BCUT2D eigenvalue weighted by Crippen LogP contribution is 2.38. The lowest BCUT2D eigenvalue weighted by molar-refractivity contribution is -0.141. The van der Waals surface area contributed by atoms with Crippen LogP contribution in [0.15, 0.2) is 119 Å². The third-order valence-electron chi connectivity index (χ3n) is 11.7. The number of ether oxygens (including phenoxy) is 6. The van der Waals surface area contributed by atoms with E-state index in [2.05, 4.69) is 14.9 Å². The number of esters is 1. The Morgan fingerprint density at radius 3 is 1.19 bits per heavy atom. The summed E-state index contributed by atoms with van der Waals surface area (Å²) in [4.78, 5) is 11.4. The predicted molar refractivity (Wildman–Crippen MR) is 258 cm³/mol. The van der Waals surface area contributed by atoms with E-state index in [0.717, 1.165) is 47.9 Å². The van der Waals surface area contributed by atoms with Crippen molar-refractivity contribution in [1.29, 1.82) is 0 Å². The smallest absolute Gasteiger partial charge is 0.307 e. The molecule has 0 radical (unpaired) electrons. The minimum atomic E-state index is -3.98. The summed E-state index contributed by atoms with van der Waals surface area (Å²) in [7, 11) is -0.222. The minimum Gasteiger partial charge on any atom is -0.497 e. The first-order chi connectivity index (χ1) is 33.8. The molecule has 6 aromatic rings. The molecule has 374 valence electrons. The van der Waals surface area contributed by atoms with Crippen LogP contribution in [0.2, 0.25) is 0 Å². The summed E-state index contributed by atoms with van der Waals surface area (Å²) in [6, 6.07) is 32.6. The minimum absolute atomic E-state index is 0.0296. The molecule has 0 aliphatic heterocycles. The van der Waals surface area contributed by atoms with Crippen LogP contribution in [0.25, 0.3) is 0 Å². The zero-order valence-corrected chi connectivity index (χ0v) is 41.6. The van der Waals surface area contributed by atoms with Crippen LogP contribution < -0.4 is 18.9 Å². The van der Waals surface area contributed by atoms with Crippen molar-refractivity contribution in [2.75, 3.05) is 42.2 Å². The Bertz CT molecular complexity index is 2770. The highest BCUT2D eigenvalue weighted by Gasteiger charge is 2.35. The van der Waals surface area contributed by atoms with E-state index < -0.39 is 20.0 Å². The highest BCUT2D eigenvalue weighted by molar-refractivity contribution is 7.89. The molecule has 1 N–H and O–H groups in total. The van der Waals surface area contributed by atoms with Crippen molar-refractivity contribution < 1.29 is 55.2 Å². The van der Waals surface area contributed by atoms with E-state index in [-0.39, 0.29) is 80.5 Å². The van der Waals surface area contributed by atoms with Gasteiger partial charge in [0.05, 0.1) is 85.3 Å². The number of carbonyl (C=O) groups excluding carboxylic acids is 1. The summed E-state index contributed by atoms with van der Waals surface area (Å²) in [5.74, 6) is 2.43. The third kappa shape index (κ3) is 13.3. The van der Waals surface area contributed by atoms with Crippen molar-refractivity contribution in [3.05, 3.63) is 143 Å². The number of hydrogen-bond donors (Lipinski definition) is 1. The second kappa shape index (κ2) is 23.5. The lowest BCUT2D eigenvalue weighted by Crippen LogP contribution is -2.30. The number of benzene rings is 4. The second-order valence-corrected chi connectivity index (χ2v) is 20.5. The van der Waals surface area contributed by atoms with E-state index in [1.165, 1.54) is 21.8 Å². The standard InChI is InChI=1S/C27H33N3O7S.C23H27N3O5S/c1-34-24-10-4-20(5-11-24)17-29(18-21-6-12-25(35-2)13-7-21)38(32,33)26-16-23(30(28-26)22-8-9-22)19-37-15-14-27(31)36-3;1-30-21-9-3-17(4-10-21)14-25(15-18-5-11-22(31-2)12-6-18)32(28,29)23-13-20(16-27)26(24-23)19-7-8-19/h4-7,10-13,16,22H,8-9,14-15,17-19H2,1-3H3;3-6,9-13,19,27H,7-8,14-16H2,1-2H3. The molecule has 2 saturated carbocycles. The number of rotatable bonds is 24. The summed E-state index contributed by atoms with van der Waals surface area (Å²) >= 11 is 0. The van der Waals surface area contributed by atoms with E-state index in [0.29, 0.717) is 34.4 Å². The Kier molecular flexibility index (Phi) is 17.3. The molecule has 4 aromatic carbocycles.